The number of hydrogen-bond acceptors (Lipinski definition) is 8. The Morgan fingerprint density at radius 2 is 1.78 bits per heavy atom. The zero-order chi connectivity index (χ0) is 36.5. The minimum atomic E-state index is -1.30. The number of amides is 3. The van der Waals surface area contributed by atoms with Crippen LogP contribution in [-0.4, -0.2) is 101 Å². The number of carbonyl (C=O) groups excluding carboxylic acids is 3. The first kappa shape index (κ1) is 40.6. The Bertz CT molecular complexity index is 1410. The molecule has 272 valence electrons. The van der Waals surface area contributed by atoms with Crippen LogP contribution in [0.2, 0.25) is 0 Å². The summed E-state index contributed by atoms with van der Waals surface area (Å²) in [5.41, 5.74) is 2.83. The molecule has 1 aromatic heterocycles. The topological polar surface area (TPSA) is 135 Å². The molecule has 6 unspecified atom stereocenters. The van der Waals surface area contributed by atoms with Gasteiger partial charge >= 0.3 is 0 Å². The summed E-state index contributed by atoms with van der Waals surface area (Å²) >= 11 is 1.30. The molecule has 50 heavy (non-hydrogen) atoms. The number of thiazole rings is 1. The predicted octanol–water partition coefficient (Wildman–Crippen LogP) is 3.50. The van der Waals surface area contributed by atoms with E-state index in [0.717, 1.165) is 37.7 Å². The second-order valence-electron chi connectivity index (χ2n) is 13.3. The second-order valence-corrected chi connectivity index (χ2v) is 14.0. The van der Waals surface area contributed by atoms with Crippen LogP contribution in [0.3, 0.4) is 0 Å². The number of nitrogens with one attached hydrogen (secondary N) is 2. The summed E-state index contributed by atoms with van der Waals surface area (Å²) in [6.45, 7) is -0.0630. The Balaban J connectivity index is 1.91. The molecule has 0 radical (unpaired) electrons. The average molecular weight is 710 g/mol. The Kier molecular flexibility index (Phi) is 17.4. The summed E-state index contributed by atoms with van der Waals surface area (Å²) in [6, 6.07) is 7.12. The minimum absolute atomic E-state index is 0.160. The number of alkyl halides is 1. The van der Waals surface area contributed by atoms with E-state index in [0.29, 0.717) is 18.7 Å². The van der Waals surface area contributed by atoms with Crippen LogP contribution >= 0.6 is 11.3 Å². The second kappa shape index (κ2) is 21.4. The van der Waals surface area contributed by atoms with Crippen LogP contribution in [0.1, 0.15) is 75.0 Å². The van der Waals surface area contributed by atoms with Gasteiger partial charge in [-0.3, -0.25) is 19.3 Å². The minimum Gasteiger partial charge on any atom is -0.390 e. The van der Waals surface area contributed by atoms with Crippen molar-refractivity contribution in [2.24, 2.45) is 11.8 Å². The van der Waals surface area contributed by atoms with E-state index in [9.17, 15) is 29.0 Å². The van der Waals surface area contributed by atoms with Crippen molar-refractivity contribution < 1.29 is 29.0 Å². The summed E-state index contributed by atoms with van der Waals surface area (Å²) in [4.78, 5) is 49.0. The van der Waals surface area contributed by atoms with Crippen molar-refractivity contribution in [2.75, 3.05) is 34.0 Å². The summed E-state index contributed by atoms with van der Waals surface area (Å²) in [5, 5.41) is 29.6. The first-order chi connectivity index (χ1) is 24.1. The standard InChI is InChI=1S/C38H52FN5O5S/c1-5-7-18-33(45)36(47)31(22-28-16-12-9-13-17-28)41-38(49)35(30(6-2)32-24-50-26-40-32)42-37(48)29(21-27-14-10-8-11-15-27)23-34(46)44(4)20-19-43(3)25-39/h1-2,8,10-11,14-15,24,26,28-31,33,35-36,45,47H,7,9,12-13,16-23,25H2,3-4H3,(H,41,49)(H,42,48). The Morgan fingerprint density at radius 3 is 2.40 bits per heavy atom. The third-order valence-corrected chi connectivity index (χ3v) is 10.1. The normalized spacial score (nSPS) is 17.0. The number of likely N-dealkylation sites (N-methyl/N-ethyl adjacent to an activating group) is 2. The van der Waals surface area contributed by atoms with Crippen LogP contribution in [0, 0.1) is 36.5 Å². The van der Waals surface area contributed by atoms with Crippen molar-refractivity contribution in [3.8, 4) is 24.7 Å². The van der Waals surface area contributed by atoms with Crippen LogP contribution < -0.4 is 10.6 Å². The molecule has 1 aliphatic carbocycles. The quantitative estimate of drug-likeness (QED) is 0.122. The van der Waals surface area contributed by atoms with E-state index < -0.39 is 54.7 Å². The van der Waals surface area contributed by atoms with E-state index in [2.05, 4.69) is 27.5 Å². The van der Waals surface area contributed by atoms with E-state index in [4.69, 9.17) is 12.8 Å². The van der Waals surface area contributed by atoms with Gasteiger partial charge in [0.15, 0.2) is 0 Å². The van der Waals surface area contributed by atoms with Crippen molar-refractivity contribution in [1.29, 1.82) is 0 Å². The van der Waals surface area contributed by atoms with E-state index in [1.54, 1.807) is 25.0 Å². The fraction of sp³-hybridized carbons (Fsp3) is 0.579. The maximum absolute atomic E-state index is 14.3. The van der Waals surface area contributed by atoms with Gasteiger partial charge in [-0.25, -0.2) is 9.37 Å². The molecular weight excluding hydrogens is 658 g/mol. The molecule has 1 heterocycles. The molecule has 1 fully saturated rings. The van der Waals surface area contributed by atoms with Crippen molar-refractivity contribution in [3.63, 3.8) is 0 Å². The van der Waals surface area contributed by atoms with Crippen LogP contribution in [0.4, 0.5) is 4.39 Å². The van der Waals surface area contributed by atoms with Gasteiger partial charge in [0.2, 0.25) is 17.7 Å². The van der Waals surface area contributed by atoms with E-state index in [1.165, 1.54) is 21.1 Å². The molecule has 12 heteroatoms. The van der Waals surface area contributed by atoms with Gasteiger partial charge in [-0.1, -0.05) is 68.4 Å². The maximum Gasteiger partial charge on any atom is 0.244 e. The predicted molar refractivity (Wildman–Crippen MR) is 193 cm³/mol. The summed E-state index contributed by atoms with van der Waals surface area (Å²) in [7, 11) is 3.21. The molecule has 1 aliphatic rings. The van der Waals surface area contributed by atoms with Crippen molar-refractivity contribution in [1.82, 2.24) is 25.4 Å². The number of nitrogens with zero attached hydrogens (tertiary/aromatic N) is 3. The number of terminal acetylenes is 2. The first-order valence-electron chi connectivity index (χ1n) is 17.3. The maximum atomic E-state index is 14.3. The fourth-order valence-corrected chi connectivity index (χ4v) is 6.93. The van der Waals surface area contributed by atoms with E-state index >= 15 is 0 Å². The van der Waals surface area contributed by atoms with Crippen LogP contribution in [0.15, 0.2) is 41.2 Å². The van der Waals surface area contributed by atoms with Gasteiger partial charge in [0.05, 0.1) is 35.2 Å². The number of benzene rings is 1. The molecule has 0 bridgehead atoms. The molecule has 2 aromatic rings. The zero-order valence-electron chi connectivity index (χ0n) is 29.2. The lowest BCUT2D eigenvalue weighted by atomic mass is 9.82. The lowest BCUT2D eigenvalue weighted by Crippen LogP contribution is -2.57. The fourth-order valence-electron chi connectivity index (χ4n) is 6.34. The average Bonchev–Trinajstić information content (AvgIpc) is 3.67. The largest absolute Gasteiger partial charge is 0.390 e. The molecule has 6 atom stereocenters. The molecule has 3 amide bonds. The van der Waals surface area contributed by atoms with E-state index in [-0.39, 0.29) is 44.1 Å². The lowest BCUT2D eigenvalue weighted by molar-refractivity contribution is -0.137. The summed E-state index contributed by atoms with van der Waals surface area (Å²) in [5.74, 6) is 2.02. The van der Waals surface area contributed by atoms with Gasteiger partial charge in [0.1, 0.15) is 18.9 Å². The Morgan fingerprint density at radius 1 is 1.06 bits per heavy atom. The highest BCUT2D eigenvalue weighted by molar-refractivity contribution is 7.07. The van der Waals surface area contributed by atoms with Crippen molar-refractivity contribution in [3.05, 3.63) is 52.5 Å². The first-order valence-corrected chi connectivity index (χ1v) is 18.3. The molecule has 1 aromatic carbocycles. The van der Waals surface area contributed by atoms with Gasteiger partial charge in [-0.15, -0.1) is 30.1 Å². The van der Waals surface area contributed by atoms with Crippen LogP contribution in [0.25, 0.3) is 0 Å². The number of rotatable bonds is 20. The number of aromatic nitrogens is 1. The molecule has 1 saturated carbocycles. The number of carbonyl (C=O) groups is 3. The zero-order valence-corrected chi connectivity index (χ0v) is 30.0. The molecule has 0 spiro atoms. The van der Waals surface area contributed by atoms with Crippen LogP contribution in [0.5, 0.6) is 0 Å². The molecule has 3 rings (SSSR count). The molecule has 4 N–H and O–H groups in total. The monoisotopic (exact) mass is 709 g/mol. The van der Waals surface area contributed by atoms with Gasteiger partial charge in [0, 0.05) is 38.4 Å². The summed E-state index contributed by atoms with van der Waals surface area (Å²) in [6.07, 6.45) is 14.9. The third kappa shape index (κ3) is 12.8. The Hall–Kier alpha value is -3.81. The van der Waals surface area contributed by atoms with Gasteiger partial charge in [-0.2, -0.15) is 0 Å². The van der Waals surface area contributed by atoms with Gasteiger partial charge < -0.3 is 25.7 Å². The van der Waals surface area contributed by atoms with Crippen molar-refractivity contribution in [2.45, 2.75) is 94.4 Å². The van der Waals surface area contributed by atoms with Crippen molar-refractivity contribution >= 4 is 29.1 Å². The number of halogens is 1. The highest BCUT2D eigenvalue weighted by Crippen LogP contribution is 2.29. The van der Waals surface area contributed by atoms with E-state index in [1.807, 2.05) is 30.3 Å². The molecular formula is C38H52FN5O5S. The highest BCUT2D eigenvalue weighted by Gasteiger charge is 2.37. The molecule has 0 aliphatic heterocycles. The highest BCUT2D eigenvalue weighted by atomic mass is 32.1. The number of aliphatic hydroxyl groups is 2. The molecule has 10 nitrogen and oxygen atoms in total. The van der Waals surface area contributed by atoms with Gasteiger partial charge in [-0.05, 0) is 37.8 Å². The number of hydrogen-bond donors (Lipinski definition) is 4. The Labute approximate surface area is 300 Å². The SMILES string of the molecule is C#CCCC(O)C(O)C(CC1CCCCC1)NC(=O)C(NC(=O)C(CC(=O)N(C)CCN(C)CF)Cc1ccccc1)C(C#C)c1cscn1. The smallest absolute Gasteiger partial charge is 0.244 e. The third-order valence-electron chi connectivity index (χ3n) is 9.46. The van der Waals surface area contributed by atoms with Crippen LogP contribution in [-0.2, 0) is 20.8 Å². The summed E-state index contributed by atoms with van der Waals surface area (Å²) < 4.78 is 13.0. The lowest BCUT2D eigenvalue weighted by Gasteiger charge is -2.34. The molecule has 0 saturated heterocycles. The van der Waals surface area contributed by atoms with Gasteiger partial charge in [0.25, 0.3) is 0 Å². The number of aliphatic hydroxyl groups excluding tert-OH is 2.